The molecule has 14 heteroatoms. The van der Waals surface area contributed by atoms with Gasteiger partial charge < -0.3 is 20.3 Å². The maximum absolute atomic E-state index is 14.1. The molecular formula is C27H26F3N5O4S2. The van der Waals surface area contributed by atoms with Gasteiger partial charge in [-0.25, -0.2) is 18.4 Å². The number of hydrogen-bond donors (Lipinski definition) is 2. The second-order valence-electron chi connectivity index (χ2n) is 10.8. The van der Waals surface area contributed by atoms with Crippen LogP contribution < -0.4 is 10.6 Å². The minimum absolute atomic E-state index is 0.000921. The topological polar surface area (TPSA) is 114 Å². The molecule has 2 fully saturated rings. The Kier molecular flexibility index (Phi) is 6.37. The van der Waals surface area contributed by atoms with Crippen molar-refractivity contribution < 1.29 is 31.1 Å². The minimum Gasteiger partial charge on any atom is -0.377 e. The molecule has 1 aromatic carbocycles. The van der Waals surface area contributed by atoms with Crippen LogP contribution >= 0.6 is 11.3 Å². The van der Waals surface area contributed by atoms with Crippen LogP contribution in [0.25, 0.3) is 10.6 Å². The van der Waals surface area contributed by atoms with Crippen molar-refractivity contribution in [2.45, 2.75) is 48.8 Å². The van der Waals surface area contributed by atoms with Gasteiger partial charge in [0.05, 0.1) is 40.5 Å². The Hall–Kier alpha value is -3.07. The van der Waals surface area contributed by atoms with E-state index < -0.39 is 33.2 Å². The van der Waals surface area contributed by atoms with Gasteiger partial charge in [0, 0.05) is 25.0 Å². The van der Waals surface area contributed by atoms with Gasteiger partial charge in [-0.1, -0.05) is 6.07 Å². The summed E-state index contributed by atoms with van der Waals surface area (Å²) in [6.07, 6.45) is -1.10. The summed E-state index contributed by atoms with van der Waals surface area (Å²) in [5, 5.41) is 6.48. The molecule has 1 saturated heterocycles. The van der Waals surface area contributed by atoms with Crippen LogP contribution in [-0.4, -0.2) is 67.3 Å². The maximum Gasteiger partial charge on any atom is 0.420 e. The molecule has 1 aliphatic carbocycles. The smallest absolute Gasteiger partial charge is 0.377 e. The van der Waals surface area contributed by atoms with E-state index in [1.165, 1.54) is 10.5 Å². The van der Waals surface area contributed by atoms with Gasteiger partial charge in [-0.15, -0.1) is 11.3 Å². The summed E-state index contributed by atoms with van der Waals surface area (Å²) in [6.45, 7) is 2.17. The highest BCUT2D eigenvalue weighted by Crippen LogP contribution is 2.46. The molecule has 2 aromatic heterocycles. The molecule has 2 N–H and O–H groups in total. The molecule has 3 aromatic rings. The van der Waals surface area contributed by atoms with E-state index in [1.54, 1.807) is 0 Å². The molecule has 0 unspecified atom stereocenters. The minimum atomic E-state index is -4.80. The van der Waals surface area contributed by atoms with E-state index in [0.29, 0.717) is 43.2 Å². The second kappa shape index (κ2) is 9.75. The predicted octanol–water partition coefficient (Wildman–Crippen LogP) is 4.12. The normalized spacial score (nSPS) is 20.7. The first kappa shape index (κ1) is 26.8. The number of amides is 1. The van der Waals surface area contributed by atoms with E-state index in [4.69, 9.17) is 4.74 Å². The van der Waals surface area contributed by atoms with Gasteiger partial charge in [0.25, 0.3) is 5.91 Å². The lowest BCUT2D eigenvalue weighted by Gasteiger charge is -2.36. The van der Waals surface area contributed by atoms with Crippen LogP contribution in [0.3, 0.4) is 0 Å². The number of nitrogens with zero attached hydrogens (tertiary/aromatic N) is 3. The number of fused-ring (bicyclic) bond motifs is 2. The number of aromatic nitrogens is 2. The fourth-order valence-corrected chi connectivity index (χ4v) is 8.45. The standard InChI is InChI=1S/C27H26F3N5O4S2/c28-27(29,30)19-11-32-26(33-20-8-16-10-31-4-3-15(16)7-18(20)14-1-2-14)34-23(19)21-9-22-24(40-21)25(36)35(17-12-39-13-17)5-6-41(22,37)38/h7-9,11,14,17,31H,1-6,10,12-13H2,(H,32,33,34). The number of anilines is 2. The van der Waals surface area contributed by atoms with Gasteiger partial charge in [0.1, 0.15) is 10.4 Å². The molecule has 1 amide bonds. The molecule has 5 heterocycles. The summed E-state index contributed by atoms with van der Waals surface area (Å²) in [5.41, 5.74) is 2.64. The van der Waals surface area contributed by atoms with E-state index in [9.17, 15) is 26.4 Å². The van der Waals surface area contributed by atoms with Crippen molar-refractivity contribution in [2.75, 3.05) is 37.4 Å². The maximum atomic E-state index is 14.1. The lowest BCUT2D eigenvalue weighted by molar-refractivity contribution is -0.137. The highest BCUT2D eigenvalue weighted by Gasteiger charge is 2.41. The molecule has 1 saturated carbocycles. The number of carbonyl (C=O) groups is 1. The number of ether oxygens (including phenoxy) is 1. The third-order valence-corrected chi connectivity index (χ3v) is 11.0. The third kappa shape index (κ3) is 4.90. The number of carbonyl (C=O) groups excluding carboxylic acids is 1. The SMILES string of the molecule is O=C1c2sc(-c3nc(Nc4cc5c(cc4C4CC4)CCNC5)ncc3C(F)(F)F)cc2S(=O)(=O)CCN1C1COC1. The number of thiophene rings is 1. The molecule has 216 valence electrons. The summed E-state index contributed by atoms with van der Waals surface area (Å²) >= 11 is 0.712. The van der Waals surface area contributed by atoms with Gasteiger partial charge in [-0.3, -0.25) is 4.79 Å². The van der Waals surface area contributed by atoms with E-state index in [-0.39, 0.29) is 38.9 Å². The van der Waals surface area contributed by atoms with Gasteiger partial charge in [-0.05, 0) is 60.5 Å². The largest absolute Gasteiger partial charge is 0.420 e. The van der Waals surface area contributed by atoms with Crippen molar-refractivity contribution in [2.24, 2.45) is 0 Å². The zero-order valence-corrected chi connectivity index (χ0v) is 23.4. The number of rotatable bonds is 5. The van der Waals surface area contributed by atoms with E-state index >= 15 is 0 Å². The zero-order valence-electron chi connectivity index (χ0n) is 21.8. The molecule has 9 nitrogen and oxygen atoms in total. The molecule has 0 bridgehead atoms. The van der Waals surface area contributed by atoms with E-state index in [1.807, 2.05) is 6.07 Å². The number of benzene rings is 1. The number of sulfone groups is 1. The Balaban J connectivity index is 1.31. The Morgan fingerprint density at radius 3 is 2.66 bits per heavy atom. The summed E-state index contributed by atoms with van der Waals surface area (Å²) < 4.78 is 73.8. The van der Waals surface area contributed by atoms with Crippen LogP contribution in [-0.2, 0) is 33.7 Å². The Morgan fingerprint density at radius 1 is 1.15 bits per heavy atom. The first-order valence-corrected chi connectivity index (χ1v) is 15.9. The lowest BCUT2D eigenvalue weighted by Crippen LogP contribution is -2.52. The summed E-state index contributed by atoms with van der Waals surface area (Å²) in [5.74, 6) is -0.508. The Bertz CT molecular complexity index is 1670. The van der Waals surface area contributed by atoms with Crippen LogP contribution in [0.1, 0.15) is 50.7 Å². The van der Waals surface area contributed by atoms with Crippen molar-refractivity contribution in [3.8, 4) is 10.6 Å². The Labute approximate surface area is 238 Å². The number of hydrogen-bond acceptors (Lipinski definition) is 9. The van der Waals surface area contributed by atoms with Crippen LogP contribution in [0, 0.1) is 0 Å². The van der Waals surface area contributed by atoms with Crippen LogP contribution in [0.15, 0.2) is 29.3 Å². The third-order valence-electron chi connectivity index (χ3n) is 8.00. The molecule has 4 aliphatic rings. The summed E-state index contributed by atoms with van der Waals surface area (Å²) in [7, 11) is -3.91. The summed E-state index contributed by atoms with van der Waals surface area (Å²) in [4.78, 5) is 22.6. The quantitative estimate of drug-likeness (QED) is 0.447. The predicted molar refractivity (Wildman–Crippen MR) is 145 cm³/mol. The molecule has 0 atom stereocenters. The molecule has 3 aliphatic heterocycles. The molecule has 0 radical (unpaired) electrons. The van der Waals surface area contributed by atoms with Crippen LogP contribution in [0.5, 0.6) is 0 Å². The average molecular weight is 606 g/mol. The van der Waals surface area contributed by atoms with Crippen molar-refractivity contribution in [1.82, 2.24) is 20.2 Å². The van der Waals surface area contributed by atoms with Crippen molar-refractivity contribution >= 4 is 38.7 Å². The average Bonchev–Trinajstić information content (AvgIpc) is 3.66. The lowest BCUT2D eigenvalue weighted by atomic mass is 9.95. The molecule has 0 spiro atoms. The summed E-state index contributed by atoms with van der Waals surface area (Å²) in [6, 6.07) is 5.07. The monoisotopic (exact) mass is 605 g/mol. The molecule has 41 heavy (non-hydrogen) atoms. The number of alkyl halides is 3. The fraction of sp³-hybridized carbons (Fsp3) is 0.444. The Morgan fingerprint density at radius 2 is 1.95 bits per heavy atom. The van der Waals surface area contributed by atoms with Crippen LogP contribution in [0.4, 0.5) is 24.8 Å². The fourth-order valence-electron chi connectivity index (χ4n) is 5.53. The first-order chi connectivity index (χ1) is 19.6. The first-order valence-electron chi connectivity index (χ1n) is 13.4. The van der Waals surface area contributed by atoms with E-state index in [0.717, 1.165) is 48.7 Å². The van der Waals surface area contributed by atoms with Crippen LogP contribution in [0.2, 0.25) is 0 Å². The van der Waals surface area contributed by atoms with Gasteiger partial charge in [0.2, 0.25) is 5.95 Å². The zero-order chi connectivity index (χ0) is 28.5. The highest BCUT2D eigenvalue weighted by molar-refractivity contribution is 7.91. The molecule has 7 rings (SSSR count). The van der Waals surface area contributed by atoms with Crippen molar-refractivity contribution in [1.29, 1.82) is 0 Å². The highest BCUT2D eigenvalue weighted by atomic mass is 32.2. The van der Waals surface area contributed by atoms with Gasteiger partial charge >= 0.3 is 6.18 Å². The van der Waals surface area contributed by atoms with Crippen molar-refractivity contribution in [3.63, 3.8) is 0 Å². The van der Waals surface area contributed by atoms with E-state index in [2.05, 4.69) is 26.7 Å². The second-order valence-corrected chi connectivity index (χ2v) is 13.9. The van der Waals surface area contributed by atoms with Crippen molar-refractivity contribution in [3.05, 3.63) is 51.5 Å². The number of halogens is 3. The number of nitrogens with one attached hydrogen (secondary N) is 2. The molecular weight excluding hydrogens is 579 g/mol. The van der Waals surface area contributed by atoms with Gasteiger partial charge in [0.15, 0.2) is 9.84 Å². The van der Waals surface area contributed by atoms with Gasteiger partial charge in [-0.2, -0.15) is 13.2 Å².